The maximum absolute atomic E-state index is 12.9. The summed E-state index contributed by atoms with van der Waals surface area (Å²) >= 11 is 0. The Morgan fingerprint density at radius 3 is 2.38 bits per heavy atom. The van der Waals surface area contributed by atoms with Gasteiger partial charge in [0.2, 0.25) is 0 Å². The van der Waals surface area contributed by atoms with Crippen molar-refractivity contribution in [1.29, 1.82) is 0 Å². The summed E-state index contributed by atoms with van der Waals surface area (Å²) in [4.78, 5) is 21.4. The first-order valence-corrected chi connectivity index (χ1v) is 11.0. The van der Waals surface area contributed by atoms with Gasteiger partial charge in [0.05, 0.1) is 13.2 Å². The quantitative estimate of drug-likeness (QED) is 0.381. The lowest BCUT2D eigenvalue weighted by atomic mass is 10.0. The molecule has 0 radical (unpaired) electrons. The van der Waals surface area contributed by atoms with Crippen LogP contribution in [0.5, 0.6) is 11.5 Å². The zero-order valence-corrected chi connectivity index (χ0v) is 19.2. The highest BCUT2D eigenvalue weighted by molar-refractivity contribution is 5.95. The molecule has 1 atom stereocenters. The Morgan fingerprint density at radius 2 is 1.71 bits per heavy atom. The van der Waals surface area contributed by atoms with E-state index in [2.05, 4.69) is 20.4 Å². The number of methoxy groups -OCH3 is 1. The molecule has 2 N–H and O–H groups in total. The third kappa shape index (κ3) is 5.06. The molecule has 2 aromatic carbocycles. The van der Waals surface area contributed by atoms with Crippen molar-refractivity contribution in [3.8, 4) is 34.1 Å². The van der Waals surface area contributed by atoms with Crippen molar-refractivity contribution >= 4 is 5.91 Å². The van der Waals surface area contributed by atoms with E-state index in [1.165, 1.54) is 19.4 Å². The molecule has 1 amide bonds. The normalized spacial score (nSPS) is 11.9. The van der Waals surface area contributed by atoms with E-state index in [1.807, 2.05) is 68.4 Å². The van der Waals surface area contributed by atoms with Crippen LogP contribution < -0.4 is 10.1 Å². The van der Waals surface area contributed by atoms with Crippen molar-refractivity contribution < 1.29 is 19.2 Å². The van der Waals surface area contributed by atoms with Crippen LogP contribution in [0.15, 0.2) is 71.4 Å². The molecule has 0 aliphatic rings. The SMILES string of the molecule is COc1ccnc(C(=O)N[C@@H](CC(C)C)c2noc(-c3ccc(-c4ccccc4)cc3)n2)c1O. The minimum absolute atomic E-state index is 0.131. The van der Waals surface area contributed by atoms with E-state index in [4.69, 9.17) is 9.26 Å². The van der Waals surface area contributed by atoms with Crippen LogP contribution in [-0.4, -0.2) is 33.2 Å². The Hall–Kier alpha value is -4.20. The van der Waals surface area contributed by atoms with Crippen molar-refractivity contribution in [2.45, 2.75) is 26.3 Å². The van der Waals surface area contributed by atoms with Crippen LogP contribution in [0.25, 0.3) is 22.6 Å². The van der Waals surface area contributed by atoms with E-state index in [0.717, 1.165) is 16.7 Å². The number of carbonyl (C=O) groups excluding carboxylic acids is 1. The second-order valence-corrected chi connectivity index (χ2v) is 8.27. The molecule has 0 bridgehead atoms. The molecule has 34 heavy (non-hydrogen) atoms. The number of amides is 1. The van der Waals surface area contributed by atoms with Crippen LogP contribution in [0.1, 0.15) is 42.6 Å². The van der Waals surface area contributed by atoms with Gasteiger partial charge in [-0.3, -0.25) is 4.79 Å². The fourth-order valence-electron chi connectivity index (χ4n) is 3.62. The van der Waals surface area contributed by atoms with Crippen LogP contribution in [0.3, 0.4) is 0 Å². The van der Waals surface area contributed by atoms with Gasteiger partial charge in [0.25, 0.3) is 11.8 Å². The number of rotatable bonds is 8. The number of aromatic nitrogens is 3. The van der Waals surface area contributed by atoms with Crippen LogP contribution in [-0.2, 0) is 0 Å². The Bertz CT molecular complexity index is 1250. The van der Waals surface area contributed by atoms with Gasteiger partial charge in [-0.1, -0.05) is 61.5 Å². The number of carbonyl (C=O) groups is 1. The predicted molar refractivity (Wildman–Crippen MR) is 127 cm³/mol. The topological polar surface area (TPSA) is 110 Å². The molecule has 174 valence electrons. The van der Waals surface area contributed by atoms with Crippen LogP contribution in [0.4, 0.5) is 0 Å². The Morgan fingerprint density at radius 1 is 1.03 bits per heavy atom. The maximum Gasteiger partial charge on any atom is 0.274 e. The number of aromatic hydroxyl groups is 1. The summed E-state index contributed by atoms with van der Waals surface area (Å²) in [7, 11) is 1.41. The fourth-order valence-corrected chi connectivity index (χ4v) is 3.62. The van der Waals surface area contributed by atoms with Gasteiger partial charge in [0, 0.05) is 17.8 Å². The molecular formula is C26H26N4O4. The lowest BCUT2D eigenvalue weighted by Gasteiger charge is -2.17. The summed E-state index contributed by atoms with van der Waals surface area (Å²) in [5, 5.41) is 17.3. The highest BCUT2D eigenvalue weighted by Gasteiger charge is 2.25. The lowest BCUT2D eigenvalue weighted by Crippen LogP contribution is -2.31. The predicted octanol–water partition coefficient (Wildman–Crippen LogP) is 5.03. The summed E-state index contributed by atoms with van der Waals surface area (Å²) in [6.45, 7) is 4.06. The maximum atomic E-state index is 12.9. The smallest absolute Gasteiger partial charge is 0.274 e. The number of nitrogens with one attached hydrogen (secondary N) is 1. The van der Waals surface area contributed by atoms with Crippen molar-refractivity contribution in [2.24, 2.45) is 5.92 Å². The van der Waals surface area contributed by atoms with Gasteiger partial charge in [-0.25, -0.2) is 4.98 Å². The van der Waals surface area contributed by atoms with E-state index in [-0.39, 0.29) is 23.1 Å². The third-order valence-corrected chi connectivity index (χ3v) is 5.33. The standard InChI is InChI=1S/C26H26N4O4/c1-16(2)15-20(28-25(32)22-23(31)21(33-3)13-14-27-22)24-29-26(34-30-24)19-11-9-18(10-12-19)17-7-5-4-6-8-17/h4-14,16,20,31H,15H2,1-3H3,(H,28,32)/t20-/m0/s1. The fraction of sp³-hybridized carbons (Fsp3) is 0.231. The molecule has 4 rings (SSSR count). The van der Waals surface area contributed by atoms with Gasteiger partial charge >= 0.3 is 0 Å². The monoisotopic (exact) mass is 458 g/mol. The first-order valence-electron chi connectivity index (χ1n) is 11.0. The number of hydrogen-bond acceptors (Lipinski definition) is 7. The number of ether oxygens (including phenoxy) is 1. The van der Waals surface area contributed by atoms with Crippen LogP contribution in [0, 0.1) is 5.92 Å². The highest BCUT2D eigenvalue weighted by Crippen LogP contribution is 2.29. The molecule has 2 aromatic heterocycles. The average molecular weight is 459 g/mol. The first-order chi connectivity index (χ1) is 16.5. The van der Waals surface area contributed by atoms with Crippen molar-refractivity contribution in [2.75, 3.05) is 7.11 Å². The number of benzene rings is 2. The third-order valence-electron chi connectivity index (χ3n) is 5.33. The molecule has 0 spiro atoms. The summed E-state index contributed by atoms with van der Waals surface area (Å²) in [6, 6.07) is 18.9. The zero-order valence-electron chi connectivity index (χ0n) is 19.2. The van der Waals surface area contributed by atoms with Crippen LogP contribution in [0.2, 0.25) is 0 Å². The molecule has 8 nitrogen and oxygen atoms in total. The molecule has 2 heterocycles. The van der Waals surface area contributed by atoms with E-state index in [1.54, 1.807) is 0 Å². The van der Waals surface area contributed by atoms with E-state index < -0.39 is 11.9 Å². The van der Waals surface area contributed by atoms with Gasteiger partial charge in [-0.15, -0.1) is 0 Å². The molecule has 4 aromatic rings. The summed E-state index contributed by atoms with van der Waals surface area (Å²) in [5.74, 6) is 0.246. The first kappa shape index (κ1) is 23.0. The van der Waals surface area contributed by atoms with Crippen LogP contribution >= 0.6 is 0 Å². The van der Waals surface area contributed by atoms with Gasteiger partial charge in [0.15, 0.2) is 23.0 Å². The number of pyridine rings is 1. The largest absolute Gasteiger partial charge is 0.503 e. The van der Waals surface area contributed by atoms with Gasteiger partial charge in [-0.2, -0.15) is 4.98 Å². The Balaban J connectivity index is 1.55. The molecule has 0 saturated carbocycles. The van der Waals surface area contributed by atoms with Crippen molar-refractivity contribution in [3.63, 3.8) is 0 Å². The number of nitrogens with zero attached hydrogens (tertiary/aromatic N) is 3. The van der Waals surface area contributed by atoms with Gasteiger partial charge in [0.1, 0.15) is 0 Å². The molecule has 0 aliphatic heterocycles. The second kappa shape index (κ2) is 10.2. The summed E-state index contributed by atoms with van der Waals surface area (Å²) < 4.78 is 10.6. The Kier molecular flexibility index (Phi) is 6.87. The van der Waals surface area contributed by atoms with Gasteiger partial charge < -0.3 is 19.7 Å². The minimum Gasteiger partial charge on any atom is -0.503 e. The lowest BCUT2D eigenvalue weighted by molar-refractivity contribution is 0.0920. The highest BCUT2D eigenvalue weighted by atomic mass is 16.5. The van der Waals surface area contributed by atoms with E-state index >= 15 is 0 Å². The molecule has 8 heteroatoms. The summed E-state index contributed by atoms with van der Waals surface area (Å²) in [6.07, 6.45) is 1.97. The van der Waals surface area contributed by atoms with E-state index in [0.29, 0.717) is 18.1 Å². The van der Waals surface area contributed by atoms with Gasteiger partial charge in [-0.05, 0) is 35.6 Å². The Labute approximate surface area is 197 Å². The zero-order chi connectivity index (χ0) is 24.1. The average Bonchev–Trinajstić information content (AvgIpc) is 3.34. The van der Waals surface area contributed by atoms with Crippen molar-refractivity contribution in [1.82, 2.24) is 20.4 Å². The second-order valence-electron chi connectivity index (χ2n) is 8.27. The van der Waals surface area contributed by atoms with Crippen molar-refractivity contribution in [3.05, 3.63) is 78.4 Å². The minimum atomic E-state index is -0.555. The molecule has 0 saturated heterocycles. The molecular weight excluding hydrogens is 432 g/mol. The molecule has 0 unspecified atom stereocenters. The van der Waals surface area contributed by atoms with E-state index in [9.17, 15) is 9.90 Å². The molecule has 0 aliphatic carbocycles. The molecule has 0 fully saturated rings. The number of hydrogen-bond donors (Lipinski definition) is 2. The summed E-state index contributed by atoms with van der Waals surface area (Å²) in [5.41, 5.74) is 2.85.